The molecule has 86 valence electrons. The molecule has 1 aliphatic rings. The number of nitrogens with two attached hydrogens (primary N) is 1. The Morgan fingerprint density at radius 2 is 2.50 bits per heavy atom. The molecule has 2 rings (SSSR count). The number of anilines is 1. The highest BCUT2D eigenvalue weighted by atomic mass is 16.2. The van der Waals surface area contributed by atoms with Crippen LogP contribution in [0.15, 0.2) is 18.9 Å². The van der Waals surface area contributed by atoms with Crippen molar-refractivity contribution in [2.75, 3.05) is 12.3 Å². The van der Waals surface area contributed by atoms with E-state index in [0.717, 1.165) is 12.8 Å². The Morgan fingerprint density at radius 1 is 1.81 bits per heavy atom. The molecule has 0 aromatic carbocycles. The van der Waals surface area contributed by atoms with Gasteiger partial charge in [0.15, 0.2) is 5.69 Å². The SMILES string of the molecule is C=CCN(C(=O)c1nn(C)cc1N)C1CC1. The first-order chi connectivity index (χ1) is 7.63. The second-order valence-corrected chi connectivity index (χ2v) is 4.08. The molecule has 5 heteroatoms. The predicted molar refractivity (Wildman–Crippen MR) is 61.9 cm³/mol. The van der Waals surface area contributed by atoms with Crippen molar-refractivity contribution in [3.63, 3.8) is 0 Å². The van der Waals surface area contributed by atoms with Crippen LogP contribution in [0.1, 0.15) is 23.3 Å². The Bertz CT molecular complexity index is 420. The van der Waals surface area contributed by atoms with E-state index in [4.69, 9.17) is 5.73 Å². The molecule has 0 aliphatic heterocycles. The number of carbonyl (C=O) groups is 1. The van der Waals surface area contributed by atoms with E-state index < -0.39 is 0 Å². The van der Waals surface area contributed by atoms with Crippen molar-refractivity contribution in [2.45, 2.75) is 18.9 Å². The fraction of sp³-hybridized carbons (Fsp3) is 0.455. The molecule has 1 amide bonds. The molecule has 5 nitrogen and oxygen atoms in total. The number of amides is 1. The summed E-state index contributed by atoms with van der Waals surface area (Å²) in [6.07, 6.45) is 5.50. The second kappa shape index (κ2) is 4.00. The Kier molecular flexibility index (Phi) is 2.68. The van der Waals surface area contributed by atoms with Gasteiger partial charge in [-0.15, -0.1) is 6.58 Å². The number of aromatic nitrogens is 2. The lowest BCUT2D eigenvalue weighted by molar-refractivity contribution is 0.0757. The monoisotopic (exact) mass is 220 g/mol. The third kappa shape index (κ3) is 1.93. The van der Waals surface area contributed by atoms with E-state index in [1.165, 1.54) is 0 Å². The average Bonchev–Trinajstić information content (AvgIpc) is 3.00. The lowest BCUT2D eigenvalue weighted by atomic mass is 10.3. The van der Waals surface area contributed by atoms with E-state index in [2.05, 4.69) is 11.7 Å². The van der Waals surface area contributed by atoms with Crippen LogP contribution in [0.25, 0.3) is 0 Å². The Morgan fingerprint density at radius 3 is 2.94 bits per heavy atom. The summed E-state index contributed by atoms with van der Waals surface area (Å²) in [6.45, 7) is 4.22. The van der Waals surface area contributed by atoms with Gasteiger partial charge in [-0.1, -0.05) is 6.08 Å². The largest absolute Gasteiger partial charge is 0.396 e. The number of hydrogen-bond donors (Lipinski definition) is 1. The van der Waals surface area contributed by atoms with Crippen LogP contribution in [0.2, 0.25) is 0 Å². The van der Waals surface area contributed by atoms with Gasteiger partial charge in [0, 0.05) is 25.8 Å². The van der Waals surface area contributed by atoms with Gasteiger partial charge in [0.2, 0.25) is 0 Å². The molecular weight excluding hydrogens is 204 g/mol. The third-order valence-electron chi connectivity index (χ3n) is 2.63. The van der Waals surface area contributed by atoms with Crippen LogP contribution in [-0.4, -0.2) is 33.2 Å². The standard InChI is InChI=1S/C11H16N4O/c1-3-6-15(8-4-5-8)11(16)10-9(12)7-14(2)13-10/h3,7-8H,1,4-6,12H2,2H3. The molecule has 16 heavy (non-hydrogen) atoms. The maximum atomic E-state index is 12.2. The minimum Gasteiger partial charge on any atom is -0.396 e. The molecule has 0 radical (unpaired) electrons. The van der Waals surface area contributed by atoms with Crippen LogP contribution in [0.4, 0.5) is 5.69 Å². The van der Waals surface area contributed by atoms with Crippen molar-refractivity contribution in [1.29, 1.82) is 0 Å². The molecule has 1 saturated carbocycles. The summed E-state index contributed by atoms with van der Waals surface area (Å²) in [4.78, 5) is 14.0. The summed E-state index contributed by atoms with van der Waals surface area (Å²) in [7, 11) is 1.75. The number of hydrogen-bond acceptors (Lipinski definition) is 3. The van der Waals surface area contributed by atoms with Crippen LogP contribution in [0.5, 0.6) is 0 Å². The second-order valence-electron chi connectivity index (χ2n) is 4.08. The summed E-state index contributed by atoms with van der Waals surface area (Å²) in [6, 6.07) is 0.340. The zero-order chi connectivity index (χ0) is 11.7. The summed E-state index contributed by atoms with van der Waals surface area (Å²) < 4.78 is 1.56. The van der Waals surface area contributed by atoms with Crippen LogP contribution >= 0.6 is 0 Å². The van der Waals surface area contributed by atoms with E-state index in [0.29, 0.717) is 24.0 Å². The van der Waals surface area contributed by atoms with Gasteiger partial charge in [0.05, 0.1) is 5.69 Å². The first kappa shape index (κ1) is 10.7. The zero-order valence-electron chi connectivity index (χ0n) is 9.39. The van der Waals surface area contributed by atoms with E-state index in [1.54, 1.807) is 28.9 Å². The van der Waals surface area contributed by atoms with Crippen molar-refractivity contribution in [3.8, 4) is 0 Å². The van der Waals surface area contributed by atoms with Crippen molar-refractivity contribution in [1.82, 2.24) is 14.7 Å². The highest BCUT2D eigenvalue weighted by molar-refractivity contribution is 5.97. The lowest BCUT2D eigenvalue weighted by Gasteiger charge is -2.19. The predicted octanol–water partition coefficient (Wildman–Crippen LogP) is 0.793. The van der Waals surface area contributed by atoms with Gasteiger partial charge < -0.3 is 10.6 Å². The molecule has 0 atom stereocenters. The van der Waals surface area contributed by atoms with E-state index in [9.17, 15) is 4.79 Å². The van der Waals surface area contributed by atoms with Crippen LogP contribution < -0.4 is 5.73 Å². The van der Waals surface area contributed by atoms with Crippen LogP contribution in [0.3, 0.4) is 0 Å². The molecule has 0 bridgehead atoms. The number of carbonyl (C=O) groups excluding carboxylic acids is 1. The fourth-order valence-electron chi connectivity index (χ4n) is 1.73. The van der Waals surface area contributed by atoms with Gasteiger partial charge in [0.25, 0.3) is 5.91 Å². The molecule has 0 spiro atoms. The molecule has 1 aliphatic carbocycles. The Hall–Kier alpha value is -1.78. The number of aryl methyl sites for hydroxylation is 1. The summed E-state index contributed by atoms with van der Waals surface area (Å²) in [5, 5.41) is 4.09. The van der Waals surface area contributed by atoms with Gasteiger partial charge in [-0.2, -0.15) is 5.10 Å². The molecule has 1 aromatic heterocycles. The van der Waals surface area contributed by atoms with Gasteiger partial charge >= 0.3 is 0 Å². The summed E-state index contributed by atoms with van der Waals surface area (Å²) in [5.74, 6) is -0.0968. The van der Waals surface area contributed by atoms with E-state index in [1.807, 2.05) is 0 Å². The maximum Gasteiger partial charge on any atom is 0.277 e. The number of nitrogens with zero attached hydrogens (tertiary/aromatic N) is 3. The normalized spacial score (nSPS) is 14.8. The van der Waals surface area contributed by atoms with Crippen LogP contribution in [0, 0.1) is 0 Å². The van der Waals surface area contributed by atoms with Gasteiger partial charge in [-0.25, -0.2) is 0 Å². The summed E-state index contributed by atoms with van der Waals surface area (Å²) in [5.41, 5.74) is 6.52. The smallest absolute Gasteiger partial charge is 0.277 e. The fourth-order valence-corrected chi connectivity index (χ4v) is 1.73. The van der Waals surface area contributed by atoms with Crippen molar-refractivity contribution in [3.05, 3.63) is 24.5 Å². The molecule has 2 N–H and O–H groups in total. The summed E-state index contributed by atoms with van der Waals surface area (Å²) >= 11 is 0. The van der Waals surface area contributed by atoms with E-state index >= 15 is 0 Å². The topological polar surface area (TPSA) is 64.2 Å². The Labute approximate surface area is 94.5 Å². The van der Waals surface area contributed by atoms with Crippen molar-refractivity contribution in [2.24, 2.45) is 7.05 Å². The maximum absolute atomic E-state index is 12.2. The minimum absolute atomic E-state index is 0.0968. The molecule has 0 saturated heterocycles. The highest BCUT2D eigenvalue weighted by Crippen LogP contribution is 2.28. The quantitative estimate of drug-likeness (QED) is 0.763. The molecule has 1 heterocycles. The first-order valence-electron chi connectivity index (χ1n) is 5.34. The van der Waals surface area contributed by atoms with Gasteiger partial charge in [-0.3, -0.25) is 9.48 Å². The first-order valence-corrected chi connectivity index (χ1v) is 5.34. The minimum atomic E-state index is -0.0968. The molecule has 1 aromatic rings. The van der Waals surface area contributed by atoms with Crippen molar-refractivity contribution < 1.29 is 4.79 Å². The van der Waals surface area contributed by atoms with E-state index in [-0.39, 0.29) is 5.91 Å². The van der Waals surface area contributed by atoms with Gasteiger partial charge in [0.1, 0.15) is 0 Å². The Balaban J connectivity index is 2.21. The molecular formula is C11H16N4O. The number of nitrogen functional groups attached to an aromatic ring is 1. The molecule has 0 unspecified atom stereocenters. The van der Waals surface area contributed by atoms with Gasteiger partial charge in [-0.05, 0) is 12.8 Å². The molecule has 1 fully saturated rings. The third-order valence-corrected chi connectivity index (χ3v) is 2.63. The zero-order valence-corrected chi connectivity index (χ0v) is 9.39. The van der Waals surface area contributed by atoms with Crippen LogP contribution in [-0.2, 0) is 7.05 Å². The highest BCUT2D eigenvalue weighted by Gasteiger charge is 2.33. The van der Waals surface area contributed by atoms with Crippen molar-refractivity contribution >= 4 is 11.6 Å². The lowest BCUT2D eigenvalue weighted by Crippen LogP contribution is -2.34. The number of rotatable bonds is 4. The average molecular weight is 220 g/mol.